The van der Waals surface area contributed by atoms with E-state index in [1.807, 2.05) is 0 Å². The highest BCUT2D eigenvalue weighted by atomic mass is 79.9. The number of unbranched alkanes of at least 4 members (excludes halogenated alkanes) is 3. The lowest BCUT2D eigenvalue weighted by Crippen LogP contribution is -2.38. The highest BCUT2D eigenvalue weighted by Gasteiger charge is 2.48. The van der Waals surface area contributed by atoms with Crippen molar-refractivity contribution >= 4 is 33.6 Å². The molecule has 0 saturated heterocycles. The highest BCUT2D eigenvalue weighted by Crippen LogP contribution is 2.46. The van der Waals surface area contributed by atoms with Gasteiger partial charge in [0.2, 0.25) is 0 Å². The number of benzene rings is 1. The minimum Gasteiger partial charge on any atom is -0.493 e. The van der Waals surface area contributed by atoms with Crippen molar-refractivity contribution in [3.8, 4) is 5.75 Å². The number of non-ortho nitro benzene ring substituents is 1. The zero-order valence-electron chi connectivity index (χ0n) is 20.6. The molecule has 1 aliphatic heterocycles. The summed E-state index contributed by atoms with van der Waals surface area (Å²) in [6.45, 7) is 2.80. The van der Waals surface area contributed by atoms with E-state index in [1.54, 1.807) is 0 Å². The lowest BCUT2D eigenvalue weighted by Gasteiger charge is -2.32. The van der Waals surface area contributed by atoms with E-state index >= 15 is 0 Å². The third-order valence-corrected chi connectivity index (χ3v) is 6.11. The maximum atomic E-state index is 14.1. The Morgan fingerprint density at radius 1 is 1.14 bits per heavy atom. The van der Waals surface area contributed by atoms with Gasteiger partial charge in [-0.25, -0.2) is 9.59 Å². The Morgan fingerprint density at radius 3 is 2.38 bits per heavy atom. The monoisotopic (exact) mass is 592 g/mol. The Labute approximate surface area is 220 Å². The molecule has 2 rings (SSSR count). The molecule has 1 atom stereocenters. The van der Waals surface area contributed by atoms with Crippen LogP contribution >= 0.6 is 15.9 Å². The van der Waals surface area contributed by atoms with Crippen LogP contribution in [0.25, 0.3) is 0 Å². The van der Waals surface area contributed by atoms with Crippen molar-refractivity contribution in [3.63, 3.8) is 0 Å². The molecule has 1 N–H and O–H groups in total. The lowest BCUT2D eigenvalue weighted by atomic mass is 9.79. The van der Waals surface area contributed by atoms with Crippen LogP contribution in [0, 0.1) is 10.1 Å². The number of hydrogen-bond acceptors (Lipinski definition) is 8. The van der Waals surface area contributed by atoms with Crippen molar-refractivity contribution in [3.05, 3.63) is 56.4 Å². The summed E-state index contributed by atoms with van der Waals surface area (Å²) >= 11 is 3.35. The number of esters is 2. The standard InChI is InChI=1S/C24H28BrF3N2O7/c1-4-36-23(32)18-14(2)29-21(24(26,27)28)20(22(31)35-3)19(18)16-13-15(30(33)34)9-10-17(16)37-12-8-6-5-7-11-25/h9-10,13,19,29H,4-8,11-12H2,1-3H3. The SMILES string of the molecule is CCOC(=O)C1=C(C)NC(C(F)(F)F)=C(C(=O)OC)C1c1cc([N+](=O)[O-])ccc1OCCCCCCBr. The number of alkyl halides is 4. The average Bonchev–Trinajstić information content (AvgIpc) is 2.84. The van der Waals surface area contributed by atoms with Gasteiger partial charge in [-0.15, -0.1) is 0 Å². The van der Waals surface area contributed by atoms with Crippen LogP contribution in [-0.2, 0) is 19.1 Å². The summed E-state index contributed by atoms with van der Waals surface area (Å²) in [6, 6.07) is 3.38. The summed E-state index contributed by atoms with van der Waals surface area (Å²) in [5.41, 5.74) is -3.56. The normalized spacial score (nSPS) is 15.8. The van der Waals surface area contributed by atoms with Gasteiger partial charge in [-0.3, -0.25) is 10.1 Å². The first-order valence-electron chi connectivity index (χ1n) is 11.5. The number of dihydropyridines is 1. The van der Waals surface area contributed by atoms with Gasteiger partial charge in [0.05, 0.1) is 42.3 Å². The number of nitrogens with one attached hydrogen (secondary N) is 1. The van der Waals surface area contributed by atoms with Crippen molar-refractivity contribution in [2.24, 2.45) is 0 Å². The Hall–Kier alpha value is -3.09. The molecule has 1 aromatic rings. The number of carbonyl (C=O) groups is 2. The second kappa shape index (κ2) is 13.5. The molecule has 0 radical (unpaired) electrons. The van der Waals surface area contributed by atoms with Gasteiger partial charge in [-0.1, -0.05) is 28.8 Å². The van der Waals surface area contributed by atoms with Crippen molar-refractivity contribution in [1.82, 2.24) is 5.32 Å². The largest absolute Gasteiger partial charge is 0.493 e. The number of carbonyl (C=O) groups excluding carboxylic acids is 2. The number of nitrogens with zero attached hydrogens (tertiary/aromatic N) is 1. The molecule has 37 heavy (non-hydrogen) atoms. The fourth-order valence-electron chi connectivity index (χ4n) is 3.91. The van der Waals surface area contributed by atoms with E-state index in [0.29, 0.717) is 6.42 Å². The summed E-state index contributed by atoms with van der Waals surface area (Å²) in [5.74, 6) is -4.08. The predicted octanol–water partition coefficient (Wildman–Crippen LogP) is 5.44. The van der Waals surface area contributed by atoms with Crippen molar-refractivity contribution in [1.29, 1.82) is 0 Å². The number of hydrogen-bond donors (Lipinski definition) is 1. The number of halogens is 4. The Morgan fingerprint density at radius 2 is 1.81 bits per heavy atom. The molecule has 0 spiro atoms. The summed E-state index contributed by atoms with van der Waals surface area (Å²) < 4.78 is 57.8. The fourth-order valence-corrected chi connectivity index (χ4v) is 4.31. The molecule has 1 heterocycles. The van der Waals surface area contributed by atoms with Crippen LogP contribution in [0.2, 0.25) is 0 Å². The summed E-state index contributed by atoms with van der Waals surface area (Å²) in [5, 5.41) is 14.5. The van der Waals surface area contributed by atoms with Gasteiger partial charge in [0.25, 0.3) is 5.69 Å². The molecule has 0 amide bonds. The molecule has 0 aliphatic carbocycles. The van der Waals surface area contributed by atoms with E-state index in [4.69, 9.17) is 9.47 Å². The van der Waals surface area contributed by atoms with Crippen LogP contribution in [0.3, 0.4) is 0 Å². The van der Waals surface area contributed by atoms with E-state index in [0.717, 1.165) is 43.8 Å². The molecule has 204 valence electrons. The van der Waals surface area contributed by atoms with E-state index in [2.05, 4.69) is 26.0 Å². The van der Waals surface area contributed by atoms with Crippen LogP contribution in [-0.4, -0.2) is 48.7 Å². The van der Waals surface area contributed by atoms with Crippen molar-refractivity contribution in [2.45, 2.75) is 51.6 Å². The van der Waals surface area contributed by atoms with Crippen molar-refractivity contribution < 1.29 is 41.9 Å². The number of methoxy groups -OCH3 is 1. The van der Waals surface area contributed by atoms with E-state index in [9.17, 15) is 32.9 Å². The van der Waals surface area contributed by atoms with Gasteiger partial charge in [0.15, 0.2) is 0 Å². The first-order valence-corrected chi connectivity index (χ1v) is 12.6. The summed E-state index contributed by atoms with van der Waals surface area (Å²) in [6.07, 6.45) is -1.73. The molecule has 0 bridgehead atoms. The average molecular weight is 593 g/mol. The molecule has 9 nitrogen and oxygen atoms in total. The van der Waals surface area contributed by atoms with Crippen LogP contribution in [0.15, 0.2) is 40.7 Å². The zero-order valence-corrected chi connectivity index (χ0v) is 22.2. The van der Waals surface area contributed by atoms with Crippen LogP contribution < -0.4 is 10.1 Å². The quantitative estimate of drug-likeness (QED) is 0.112. The number of allylic oxidation sites excluding steroid dienone is 2. The van der Waals surface area contributed by atoms with Crippen LogP contribution in [0.1, 0.15) is 51.0 Å². The summed E-state index contributed by atoms with van der Waals surface area (Å²) in [7, 11) is 0.896. The lowest BCUT2D eigenvalue weighted by molar-refractivity contribution is -0.384. The minimum atomic E-state index is -5.04. The molecule has 1 aromatic carbocycles. The fraction of sp³-hybridized carbons (Fsp3) is 0.500. The second-order valence-corrected chi connectivity index (χ2v) is 8.82. The van der Waals surface area contributed by atoms with Gasteiger partial charge >= 0.3 is 18.1 Å². The van der Waals surface area contributed by atoms with Gasteiger partial charge in [-0.2, -0.15) is 13.2 Å². The third kappa shape index (κ3) is 7.46. The molecule has 13 heteroatoms. The highest BCUT2D eigenvalue weighted by molar-refractivity contribution is 9.09. The topological polar surface area (TPSA) is 117 Å². The minimum absolute atomic E-state index is 0.00415. The molecule has 0 saturated carbocycles. The third-order valence-electron chi connectivity index (χ3n) is 5.55. The maximum absolute atomic E-state index is 14.1. The predicted molar refractivity (Wildman–Crippen MR) is 131 cm³/mol. The molecule has 1 unspecified atom stereocenters. The Balaban J connectivity index is 2.76. The molecule has 0 aromatic heterocycles. The zero-order chi connectivity index (χ0) is 27.8. The Bertz CT molecular complexity index is 1090. The molecular weight excluding hydrogens is 565 g/mol. The first-order chi connectivity index (χ1) is 17.5. The number of nitro benzene ring substituents is 1. The second-order valence-electron chi connectivity index (χ2n) is 8.03. The molecule has 0 fully saturated rings. The number of nitro groups is 1. The first kappa shape index (κ1) is 30.1. The molecule has 1 aliphatic rings. The van der Waals surface area contributed by atoms with Crippen molar-refractivity contribution in [2.75, 3.05) is 25.7 Å². The van der Waals surface area contributed by atoms with E-state index in [-0.39, 0.29) is 35.8 Å². The van der Waals surface area contributed by atoms with Crippen LogP contribution in [0.4, 0.5) is 18.9 Å². The van der Waals surface area contributed by atoms with E-state index < -0.39 is 45.9 Å². The van der Waals surface area contributed by atoms with E-state index in [1.165, 1.54) is 19.9 Å². The van der Waals surface area contributed by atoms with Gasteiger partial charge in [0.1, 0.15) is 11.4 Å². The van der Waals surface area contributed by atoms with Crippen LogP contribution in [0.5, 0.6) is 5.75 Å². The molecular formula is C24H28BrF3N2O7. The number of ether oxygens (including phenoxy) is 3. The smallest absolute Gasteiger partial charge is 0.431 e. The summed E-state index contributed by atoms with van der Waals surface area (Å²) in [4.78, 5) is 36.5. The Kier molecular flexibility index (Phi) is 11.0. The van der Waals surface area contributed by atoms with Gasteiger partial charge in [0, 0.05) is 28.7 Å². The maximum Gasteiger partial charge on any atom is 0.431 e. The van der Waals surface area contributed by atoms with Gasteiger partial charge < -0.3 is 19.5 Å². The van der Waals surface area contributed by atoms with Gasteiger partial charge in [-0.05, 0) is 32.8 Å². The number of rotatable bonds is 12.